The lowest BCUT2D eigenvalue weighted by Crippen LogP contribution is -2.13. The zero-order valence-corrected chi connectivity index (χ0v) is 10.6. The lowest BCUT2D eigenvalue weighted by atomic mass is 10.1. The maximum atomic E-state index is 6.06. The lowest BCUT2D eigenvalue weighted by molar-refractivity contribution is 0.339. The van der Waals surface area contributed by atoms with E-state index in [0.29, 0.717) is 5.82 Å². The molecule has 2 atom stereocenters. The molecule has 0 radical (unpaired) electrons. The van der Waals surface area contributed by atoms with Crippen molar-refractivity contribution in [1.82, 2.24) is 10.1 Å². The van der Waals surface area contributed by atoms with Gasteiger partial charge in [-0.05, 0) is 31.9 Å². The number of nitrogens with zero attached hydrogens (tertiary/aromatic N) is 2. The molecule has 0 spiro atoms. The summed E-state index contributed by atoms with van der Waals surface area (Å²) in [6.07, 6.45) is 3.15. The molecule has 5 heteroatoms. The predicted octanol–water partition coefficient (Wildman–Crippen LogP) is 3.50. The first-order valence-electron chi connectivity index (χ1n) is 5.28. The third kappa shape index (κ3) is 2.16. The normalized spacial score (nSPS) is 28.2. The quantitative estimate of drug-likeness (QED) is 0.766. The minimum atomic E-state index is -0.127. The van der Waals surface area contributed by atoms with Gasteiger partial charge in [-0.1, -0.05) is 12.1 Å². The highest BCUT2D eigenvalue weighted by molar-refractivity contribution is 8.00. The number of halogens is 1. The fraction of sp³-hybridized carbons (Fsp3) is 0.800. The average Bonchev–Trinajstić information content (AvgIpc) is 2.85. The predicted molar refractivity (Wildman–Crippen MR) is 62.2 cm³/mol. The molecule has 0 aliphatic carbocycles. The Bertz CT molecular complexity index is 336. The molecule has 1 aliphatic rings. The van der Waals surface area contributed by atoms with E-state index in [0.717, 1.165) is 18.7 Å². The Kier molecular flexibility index (Phi) is 3.26. The van der Waals surface area contributed by atoms with Crippen molar-refractivity contribution in [2.75, 3.05) is 5.75 Å². The molecular formula is C10H15ClN2OS. The van der Waals surface area contributed by atoms with E-state index in [9.17, 15) is 0 Å². The highest BCUT2D eigenvalue weighted by atomic mass is 35.5. The number of aromatic nitrogens is 2. The van der Waals surface area contributed by atoms with Gasteiger partial charge in [0, 0.05) is 0 Å². The fourth-order valence-corrected chi connectivity index (χ4v) is 3.03. The van der Waals surface area contributed by atoms with Gasteiger partial charge in [-0.3, -0.25) is 0 Å². The number of thioether (sulfide) groups is 1. The minimum Gasteiger partial charge on any atom is -0.338 e. The van der Waals surface area contributed by atoms with Gasteiger partial charge in [-0.15, -0.1) is 23.4 Å². The molecule has 2 rings (SSSR count). The molecular weight excluding hydrogens is 232 g/mol. The molecule has 1 aromatic heterocycles. The molecule has 0 aromatic carbocycles. The third-order valence-electron chi connectivity index (χ3n) is 2.75. The van der Waals surface area contributed by atoms with E-state index in [4.69, 9.17) is 16.1 Å². The molecule has 0 amide bonds. The van der Waals surface area contributed by atoms with Crippen LogP contribution in [0.25, 0.3) is 0 Å². The van der Waals surface area contributed by atoms with Crippen LogP contribution in [0.3, 0.4) is 0 Å². The summed E-state index contributed by atoms with van der Waals surface area (Å²) in [5.41, 5.74) is 0. The van der Waals surface area contributed by atoms with Gasteiger partial charge in [0.2, 0.25) is 5.89 Å². The Morgan fingerprint density at radius 1 is 1.67 bits per heavy atom. The van der Waals surface area contributed by atoms with Crippen LogP contribution in [-0.4, -0.2) is 15.9 Å². The van der Waals surface area contributed by atoms with Gasteiger partial charge in [0.25, 0.3) is 0 Å². The number of hydrogen-bond donors (Lipinski definition) is 0. The Morgan fingerprint density at radius 2 is 2.47 bits per heavy atom. The van der Waals surface area contributed by atoms with Crippen LogP contribution in [0.1, 0.15) is 50.2 Å². The second kappa shape index (κ2) is 4.34. The summed E-state index contributed by atoms with van der Waals surface area (Å²) in [4.78, 5) is 4.40. The van der Waals surface area contributed by atoms with E-state index in [1.807, 2.05) is 18.7 Å². The van der Waals surface area contributed by atoms with Crippen LogP contribution in [0.15, 0.2) is 4.52 Å². The summed E-state index contributed by atoms with van der Waals surface area (Å²) in [5.74, 6) is 2.54. The smallest absolute Gasteiger partial charge is 0.242 e. The molecule has 0 saturated carbocycles. The van der Waals surface area contributed by atoms with Crippen LogP contribution in [0.4, 0.5) is 0 Å². The molecule has 3 nitrogen and oxygen atoms in total. The molecule has 84 valence electrons. The third-order valence-corrected chi connectivity index (χ3v) is 4.76. The zero-order valence-electron chi connectivity index (χ0n) is 8.99. The number of hydrogen-bond acceptors (Lipinski definition) is 4. The molecule has 1 aliphatic heterocycles. The summed E-state index contributed by atoms with van der Waals surface area (Å²) in [7, 11) is 0. The molecule has 0 bridgehead atoms. The van der Waals surface area contributed by atoms with Crippen molar-refractivity contribution in [1.29, 1.82) is 0 Å². The van der Waals surface area contributed by atoms with Gasteiger partial charge in [-0.2, -0.15) is 4.98 Å². The molecule has 0 N–H and O–H groups in total. The number of alkyl halides is 1. The van der Waals surface area contributed by atoms with Crippen molar-refractivity contribution in [2.45, 2.75) is 43.2 Å². The van der Waals surface area contributed by atoms with E-state index >= 15 is 0 Å². The molecule has 1 fully saturated rings. The maximum Gasteiger partial charge on any atom is 0.242 e. The van der Waals surface area contributed by atoms with Crippen molar-refractivity contribution in [3.8, 4) is 0 Å². The van der Waals surface area contributed by atoms with Crippen molar-refractivity contribution < 1.29 is 4.52 Å². The Balaban J connectivity index is 2.19. The highest BCUT2D eigenvalue weighted by Gasteiger charge is 2.37. The van der Waals surface area contributed by atoms with Crippen LogP contribution in [0.2, 0.25) is 0 Å². The van der Waals surface area contributed by atoms with Gasteiger partial charge < -0.3 is 4.52 Å². The zero-order chi connectivity index (χ0) is 10.9. The first-order chi connectivity index (χ1) is 7.15. The van der Waals surface area contributed by atoms with Gasteiger partial charge in [0.15, 0.2) is 5.82 Å². The largest absolute Gasteiger partial charge is 0.338 e. The summed E-state index contributed by atoms with van der Waals surface area (Å²) < 4.78 is 5.32. The summed E-state index contributed by atoms with van der Waals surface area (Å²) >= 11 is 7.96. The van der Waals surface area contributed by atoms with Gasteiger partial charge >= 0.3 is 0 Å². The SMILES string of the molecule is CCC(Cl)c1noc(C2(C)CCCS2)n1. The van der Waals surface area contributed by atoms with Gasteiger partial charge in [0.1, 0.15) is 0 Å². The van der Waals surface area contributed by atoms with Crippen LogP contribution in [0.5, 0.6) is 0 Å². The van der Waals surface area contributed by atoms with Crippen LogP contribution in [-0.2, 0) is 4.75 Å². The number of rotatable bonds is 3. The van der Waals surface area contributed by atoms with E-state index in [1.165, 1.54) is 12.2 Å². The summed E-state index contributed by atoms with van der Waals surface area (Å²) in [6.45, 7) is 4.18. The minimum absolute atomic E-state index is 0.00952. The molecule has 2 unspecified atom stereocenters. The Hall–Kier alpha value is -0.220. The lowest BCUT2D eigenvalue weighted by Gasteiger charge is -2.16. The maximum absolute atomic E-state index is 6.06. The Labute approximate surface area is 99.0 Å². The standard InChI is InChI=1S/C10H15ClN2OS/c1-3-7(11)8-12-9(14-13-8)10(2)5-4-6-15-10/h7H,3-6H2,1-2H3. The van der Waals surface area contributed by atoms with Crippen molar-refractivity contribution in [3.05, 3.63) is 11.7 Å². The summed E-state index contributed by atoms with van der Waals surface area (Å²) in [6, 6.07) is 0. The van der Waals surface area contributed by atoms with Gasteiger partial charge in [0.05, 0.1) is 10.1 Å². The fourth-order valence-electron chi connectivity index (χ4n) is 1.71. The highest BCUT2D eigenvalue weighted by Crippen LogP contribution is 2.45. The first-order valence-corrected chi connectivity index (χ1v) is 6.70. The van der Waals surface area contributed by atoms with Crippen LogP contribution in [0, 0.1) is 0 Å². The van der Waals surface area contributed by atoms with E-state index < -0.39 is 0 Å². The molecule has 1 saturated heterocycles. The summed E-state index contributed by atoms with van der Waals surface area (Å²) in [5, 5.41) is 3.82. The van der Waals surface area contributed by atoms with Crippen LogP contribution < -0.4 is 0 Å². The molecule has 15 heavy (non-hydrogen) atoms. The van der Waals surface area contributed by atoms with E-state index in [1.54, 1.807) is 0 Å². The van der Waals surface area contributed by atoms with E-state index in [2.05, 4.69) is 17.1 Å². The first kappa shape index (κ1) is 11.3. The average molecular weight is 247 g/mol. The van der Waals surface area contributed by atoms with Crippen molar-refractivity contribution >= 4 is 23.4 Å². The Morgan fingerprint density at radius 3 is 3.07 bits per heavy atom. The van der Waals surface area contributed by atoms with Crippen molar-refractivity contribution in [2.24, 2.45) is 0 Å². The molecule has 2 heterocycles. The van der Waals surface area contributed by atoms with Crippen LogP contribution >= 0.6 is 23.4 Å². The topological polar surface area (TPSA) is 38.9 Å². The second-order valence-corrected chi connectivity index (χ2v) is 6.14. The second-order valence-electron chi connectivity index (χ2n) is 4.02. The van der Waals surface area contributed by atoms with Crippen molar-refractivity contribution in [3.63, 3.8) is 0 Å². The van der Waals surface area contributed by atoms with E-state index in [-0.39, 0.29) is 10.1 Å². The molecule has 1 aromatic rings. The van der Waals surface area contributed by atoms with Gasteiger partial charge in [-0.25, -0.2) is 0 Å². The monoisotopic (exact) mass is 246 g/mol.